The highest BCUT2D eigenvalue weighted by Gasteiger charge is 2.20. The van der Waals surface area contributed by atoms with Crippen molar-refractivity contribution < 1.29 is 4.74 Å². The number of benzene rings is 2. The average molecular weight is 347 g/mol. The highest BCUT2D eigenvalue weighted by Crippen LogP contribution is 2.23. The Hall–Kier alpha value is -2.43. The SMILES string of the molecule is Cc1cc(NC[C@H]2CN(Cc3ccccc3)CCO2)c2ccccc2n1. The zero-order chi connectivity index (χ0) is 17.8. The van der Waals surface area contributed by atoms with Crippen molar-refractivity contribution in [2.24, 2.45) is 0 Å². The first kappa shape index (κ1) is 17.0. The predicted molar refractivity (Wildman–Crippen MR) is 106 cm³/mol. The summed E-state index contributed by atoms with van der Waals surface area (Å²) in [4.78, 5) is 7.08. The second-order valence-corrected chi connectivity index (χ2v) is 6.92. The van der Waals surface area contributed by atoms with Crippen molar-refractivity contribution in [1.82, 2.24) is 9.88 Å². The van der Waals surface area contributed by atoms with Crippen molar-refractivity contribution in [1.29, 1.82) is 0 Å². The first-order chi connectivity index (χ1) is 12.8. The fourth-order valence-electron chi connectivity index (χ4n) is 3.57. The number of hydrogen-bond acceptors (Lipinski definition) is 4. The molecule has 134 valence electrons. The van der Waals surface area contributed by atoms with Gasteiger partial charge in [-0.2, -0.15) is 0 Å². The Morgan fingerprint density at radius 3 is 2.81 bits per heavy atom. The van der Waals surface area contributed by atoms with Gasteiger partial charge in [-0.1, -0.05) is 48.5 Å². The lowest BCUT2D eigenvalue weighted by Gasteiger charge is -2.33. The number of aromatic nitrogens is 1. The lowest BCUT2D eigenvalue weighted by molar-refractivity contribution is -0.0240. The van der Waals surface area contributed by atoms with Crippen LogP contribution in [0.4, 0.5) is 5.69 Å². The van der Waals surface area contributed by atoms with Crippen molar-refractivity contribution in [3.8, 4) is 0 Å². The molecule has 1 saturated heterocycles. The number of morpholine rings is 1. The second kappa shape index (κ2) is 7.85. The third kappa shape index (κ3) is 4.03. The van der Waals surface area contributed by atoms with Crippen LogP contribution < -0.4 is 5.32 Å². The predicted octanol–water partition coefficient (Wildman–Crippen LogP) is 3.86. The van der Waals surface area contributed by atoms with Crippen molar-refractivity contribution in [3.05, 3.63) is 71.9 Å². The molecular weight excluding hydrogens is 322 g/mol. The summed E-state index contributed by atoms with van der Waals surface area (Å²) in [5.41, 5.74) is 4.56. The van der Waals surface area contributed by atoms with Crippen LogP contribution in [0.3, 0.4) is 0 Å². The van der Waals surface area contributed by atoms with E-state index in [0.717, 1.165) is 55.1 Å². The molecule has 0 spiro atoms. The van der Waals surface area contributed by atoms with Crippen LogP contribution in [0.15, 0.2) is 60.7 Å². The summed E-state index contributed by atoms with van der Waals surface area (Å²) in [6, 6.07) is 21.0. The summed E-state index contributed by atoms with van der Waals surface area (Å²) in [5.74, 6) is 0. The summed E-state index contributed by atoms with van der Waals surface area (Å²) in [6.45, 7) is 6.55. The number of aryl methyl sites for hydroxylation is 1. The second-order valence-electron chi connectivity index (χ2n) is 6.92. The molecule has 4 rings (SSSR count). The van der Waals surface area contributed by atoms with Gasteiger partial charge in [0.25, 0.3) is 0 Å². The molecule has 4 heteroatoms. The molecular formula is C22H25N3O. The molecule has 1 aliphatic heterocycles. The van der Waals surface area contributed by atoms with Crippen molar-refractivity contribution in [3.63, 3.8) is 0 Å². The van der Waals surface area contributed by atoms with E-state index in [1.165, 1.54) is 5.56 Å². The number of nitrogens with zero attached hydrogens (tertiary/aromatic N) is 2. The monoisotopic (exact) mass is 347 g/mol. The lowest BCUT2D eigenvalue weighted by Crippen LogP contribution is -2.44. The lowest BCUT2D eigenvalue weighted by atomic mass is 10.1. The molecule has 4 nitrogen and oxygen atoms in total. The van der Waals surface area contributed by atoms with Gasteiger partial charge in [0, 0.05) is 42.9 Å². The van der Waals surface area contributed by atoms with E-state index in [2.05, 4.69) is 69.8 Å². The molecule has 1 N–H and O–H groups in total. The van der Waals surface area contributed by atoms with Crippen LogP contribution >= 0.6 is 0 Å². The molecule has 0 aliphatic carbocycles. The van der Waals surface area contributed by atoms with E-state index >= 15 is 0 Å². The zero-order valence-electron chi connectivity index (χ0n) is 15.2. The first-order valence-corrected chi connectivity index (χ1v) is 9.26. The van der Waals surface area contributed by atoms with E-state index in [1.54, 1.807) is 0 Å². The summed E-state index contributed by atoms with van der Waals surface area (Å²) in [5, 5.41) is 4.75. The third-order valence-electron chi connectivity index (χ3n) is 4.84. The van der Waals surface area contributed by atoms with Crippen LogP contribution in [-0.2, 0) is 11.3 Å². The van der Waals surface area contributed by atoms with Crippen molar-refractivity contribution in [2.45, 2.75) is 19.6 Å². The van der Waals surface area contributed by atoms with E-state index in [0.29, 0.717) is 0 Å². The highest BCUT2D eigenvalue weighted by atomic mass is 16.5. The van der Waals surface area contributed by atoms with Gasteiger partial charge in [-0.3, -0.25) is 9.88 Å². The maximum Gasteiger partial charge on any atom is 0.0874 e. The summed E-state index contributed by atoms with van der Waals surface area (Å²) < 4.78 is 5.99. The fraction of sp³-hybridized carbons (Fsp3) is 0.318. The molecule has 0 amide bonds. The highest BCUT2D eigenvalue weighted by molar-refractivity contribution is 5.91. The summed E-state index contributed by atoms with van der Waals surface area (Å²) in [7, 11) is 0. The van der Waals surface area contributed by atoms with Crippen LogP contribution in [0.5, 0.6) is 0 Å². The molecule has 3 aromatic rings. The topological polar surface area (TPSA) is 37.4 Å². The molecule has 0 saturated carbocycles. The van der Waals surface area contributed by atoms with Gasteiger partial charge < -0.3 is 10.1 Å². The van der Waals surface area contributed by atoms with Gasteiger partial charge in [0.05, 0.1) is 18.2 Å². The molecule has 26 heavy (non-hydrogen) atoms. The molecule has 0 bridgehead atoms. The number of hydrogen-bond donors (Lipinski definition) is 1. The van der Waals surface area contributed by atoms with Gasteiger partial charge in [-0.15, -0.1) is 0 Å². The normalized spacial score (nSPS) is 18.1. The maximum atomic E-state index is 5.99. The molecule has 0 unspecified atom stereocenters. The number of pyridine rings is 1. The van der Waals surface area contributed by atoms with Crippen LogP contribution in [0, 0.1) is 6.92 Å². The Kier molecular flexibility index (Phi) is 5.14. The summed E-state index contributed by atoms with van der Waals surface area (Å²) >= 11 is 0. The molecule has 0 radical (unpaired) electrons. The number of ether oxygens (including phenoxy) is 1. The Morgan fingerprint density at radius 2 is 1.92 bits per heavy atom. The third-order valence-corrected chi connectivity index (χ3v) is 4.84. The summed E-state index contributed by atoms with van der Waals surface area (Å²) in [6.07, 6.45) is 0.194. The molecule has 1 aliphatic rings. The van der Waals surface area contributed by atoms with Gasteiger partial charge >= 0.3 is 0 Å². The minimum atomic E-state index is 0.194. The number of nitrogens with one attached hydrogen (secondary N) is 1. The molecule has 1 atom stereocenters. The van der Waals surface area contributed by atoms with Gasteiger partial charge in [0.15, 0.2) is 0 Å². The molecule has 1 fully saturated rings. The Bertz CT molecular complexity index is 866. The van der Waals surface area contributed by atoms with Gasteiger partial charge in [0.2, 0.25) is 0 Å². The molecule has 2 heterocycles. The first-order valence-electron chi connectivity index (χ1n) is 9.26. The number of para-hydroxylation sites is 1. The molecule has 1 aromatic heterocycles. The van der Waals surface area contributed by atoms with E-state index in [9.17, 15) is 0 Å². The Morgan fingerprint density at radius 1 is 1.12 bits per heavy atom. The van der Waals surface area contributed by atoms with Crippen molar-refractivity contribution >= 4 is 16.6 Å². The molecule has 2 aromatic carbocycles. The van der Waals surface area contributed by atoms with E-state index in [-0.39, 0.29) is 6.10 Å². The van der Waals surface area contributed by atoms with Gasteiger partial charge in [-0.25, -0.2) is 0 Å². The van der Waals surface area contributed by atoms with Crippen molar-refractivity contribution in [2.75, 3.05) is 31.6 Å². The Balaban J connectivity index is 1.40. The van der Waals surface area contributed by atoms with Crippen LogP contribution in [0.25, 0.3) is 10.9 Å². The smallest absolute Gasteiger partial charge is 0.0874 e. The Labute approximate surface area is 154 Å². The number of rotatable bonds is 5. The maximum absolute atomic E-state index is 5.99. The number of fused-ring (bicyclic) bond motifs is 1. The van der Waals surface area contributed by atoms with Crippen LogP contribution in [0.1, 0.15) is 11.3 Å². The van der Waals surface area contributed by atoms with E-state index < -0.39 is 0 Å². The zero-order valence-corrected chi connectivity index (χ0v) is 15.2. The largest absolute Gasteiger partial charge is 0.382 e. The fourth-order valence-corrected chi connectivity index (χ4v) is 3.57. The quantitative estimate of drug-likeness (QED) is 0.761. The van der Waals surface area contributed by atoms with E-state index in [4.69, 9.17) is 4.74 Å². The standard InChI is InChI=1S/C22H25N3O/c1-17-13-22(20-9-5-6-10-21(20)24-17)23-14-19-16-25(11-12-26-19)15-18-7-3-2-4-8-18/h2-10,13,19H,11-12,14-16H2,1H3,(H,23,24)/t19-/m0/s1. The van der Waals surface area contributed by atoms with Crippen LogP contribution in [0.2, 0.25) is 0 Å². The minimum absolute atomic E-state index is 0.194. The van der Waals surface area contributed by atoms with E-state index in [1.807, 2.05) is 13.0 Å². The average Bonchev–Trinajstić information content (AvgIpc) is 2.67. The van der Waals surface area contributed by atoms with Gasteiger partial charge in [-0.05, 0) is 24.6 Å². The minimum Gasteiger partial charge on any atom is -0.382 e. The van der Waals surface area contributed by atoms with Crippen LogP contribution in [-0.4, -0.2) is 42.2 Å². The number of anilines is 1. The van der Waals surface area contributed by atoms with Gasteiger partial charge in [0.1, 0.15) is 0 Å².